The van der Waals surface area contributed by atoms with E-state index in [1.165, 1.54) is 0 Å². The van der Waals surface area contributed by atoms with Crippen LogP contribution in [0.1, 0.15) is 43.7 Å². The van der Waals surface area contributed by atoms with Crippen molar-refractivity contribution in [3.8, 4) is 0 Å². The second-order valence-electron chi connectivity index (χ2n) is 6.09. The molecule has 3 amide bonds. The van der Waals surface area contributed by atoms with Gasteiger partial charge in [-0.1, -0.05) is 24.6 Å². The van der Waals surface area contributed by atoms with Crippen LogP contribution in [0.25, 0.3) is 0 Å². The van der Waals surface area contributed by atoms with Crippen molar-refractivity contribution in [3.05, 3.63) is 29.8 Å². The Bertz CT molecular complexity index is 629. The van der Waals surface area contributed by atoms with Crippen LogP contribution in [0.4, 0.5) is 5.69 Å². The van der Waals surface area contributed by atoms with Crippen LogP contribution in [0, 0.1) is 0 Å². The predicted octanol–water partition coefficient (Wildman–Crippen LogP) is 1.59. The second kappa shape index (κ2) is 6.81. The SMILES string of the molecule is O=C1C[C@H](NC(=O)CN2CCCCCC2=O)c2ccccc2N1. The molecule has 1 atom stereocenters. The minimum absolute atomic E-state index is 0.0411. The van der Waals surface area contributed by atoms with Crippen LogP contribution < -0.4 is 10.6 Å². The van der Waals surface area contributed by atoms with Gasteiger partial charge >= 0.3 is 0 Å². The van der Waals surface area contributed by atoms with Crippen LogP contribution in [0.15, 0.2) is 24.3 Å². The van der Waals surface area contributed by atoms with Gasteiger partial charge < -0.3 is 15.5 Å². The Kier molecular flexibility index (Phi) is 4.60. The van der Waals surface area contributed by atoms with Crippen molar-refractivity contribution < 1.29 is 14.4 Å². The topological polar surface area (TPSA) is 78.5 Å². The quantitative estimate of drug-likeness (QED) is 0.889. The Morgan fingerprint density at radius 1 is 1.22 bits per heavy atom. The first kappa shape index (κ1) is 15.5. The summed E-state index contributed by atoms with van der Waals surface area (Å²) in [7, 11) is 0. The maximum Gasteiger partial charge on any atom is 0.240 e. The number of fused-ring (bicyclic) bond motifs is 1. The lowest BCUT2D eigenvalue weighted by Gasteiger charge is -2.27. The number of likely N-dealkylation sites (tertiary alicyclic amines) is 1. The molecular formula is C17H21N3O3. The van der Waals surface area contributed by atoms with Crippen LogP contribution in [0.3, 0.4) is 0 Å². The molecule has 1 saturated heterocycles. The molecule has 0 aromatic heterocycles. The molecular weight excluding hydrogens is 294 g/mol. The van der Waals surface area contributed by atoms with Crippen molar-refractivity contribution in [2.24, 2.45) is 0 Å². The summed E-state index contributed by atoms with van der Waals surface area (Å²) < 4.78 is 0. The van der Waals surface area contributed by atoms with E-state index < -0.39 is 0 Å². The lowest BCUT2D eigenvalue weighted by Crippen LogP contribution is -2.43. The first-order chi connectivity index (χ1) is 11.1. The zero-order valence-electron chi connectivity index (χ0n) is 13.0. The van der Waals surface area contributed by atoms with E-state index in [0.29, 0.717) is 13.0 Å². The Balaban J connectivity index is 1.66. The lowest BCUT2D eigenvalue weighted by atomic mass is 9.97. The molecule has 3 rings (SSSR count). The van der Waals surface area contributed by atoms with Crippen LogP contribution in [-0.4, -0.2) is 35.7 Å². The molecule has 2 aliphatic rings. The molecule has 2 heterocycles. The predicted molar refractivity (Wildman–Crippen MR) is 85.6 cm³/mol. The van der Waals surface area contributed by atoms with Gasteiger partial charge in [-0.25, -0.2) is 0 Å². The number of anilines is 1. The van der Waals surface area contributed by atoms with Gasteiger partial charge in [-0.2, -0.15) is 0 Å². The fraction of sp³-hybridized carbons (Fsp3) is 0.471. The zero-order valence-corrected chi connectivity index (χ0v) is 13.0. The van der Waals surface area contributed by atoms with Gasteiger partial charge in [0, 0.05) is 18.7 Å². The van der Waals surface area contributed by atoms with Gasteiger partial charge in [0.25, 0.3) is 0 Å². The van der Waals surface area contributed by atoms with Gasteiger partial charge in [0.2, 0.25) is 17.7 Å². The molecule has 0 radical (unpaired) electrons. The summed E-state index contributed by atoms with van der Waals surface area (Å²) in [4.78, 5) is 37.7. The number of benzene rings is 1. The summed E-state index contributed by atoms with van der Waals surface area (Å²) in [5.41, 5.74) is 1.64. The van der Waals surface area contributed by atoms with E-state index in [-0.39, 0.29) is 36.7 Å². The van der Waals surface area contributed by atoms with Gasteiger partial charge in [-0.15, -0.1) is 0 Å². The first-order valence-electron chi connectivity index (χ1n) is 8.09. The molecule has 0 bridgehead atoms. The normalized spacial score (nSPS) is 21.2. The number of hydrogen-bond acceptors (Lipinski definition) is 3. The van der Waals surface area contributed by atoms with E-state index in [9.17, 15) is 14.4 Å². The molecule has 6 nitrogen and oxygen atoms in total. The highest BCUT2D eigenvalue weighted by molar-refractivity contribution is 5.95. The molecule has 0 aliphatic carbocycles. The Morgan fingerprint density at radius 2 is 2.04 bits per heavy atom. The molecule has 0 saturated carbocycles. The van der Waals surface area contributed by atoms with Gasteiger partial charge in [0.15, 0.2) is 0 Å². The molecule has 0 unspecified atom stereocenters. The first-order valence-corrected chi connectivity index (χ1v) is 8.09. The molecule has 122 valence electrons. The van der Waals surface area contributed by atoms with Gasteiger partial charge in [0.1, 0.15) is 0 Å². The number of carbonyl (C=O) groups excluding carboxylic acids is 3. The number of nitrogens with zero attached hydrogens (tertiary/aromatic N) is 1. The van der Waals surface area contributed by atoms with Crippen molar-refractivity contribution in [1.82, 2.24) is 10.2 Å². The molecule has 1 aromatic rings. The molecule has 23 heavy (non-hydrogen) atoms. The highest BCUT2D eigenvalue weighted by Gasteiger charge is 2.27. The Hall–Kier alpha value is -2.37. The summed E-state index contributed by atoms with van der Waals surface area (Å²) in [6, 6.07) is 7.11. The number of hydrogen-bond donors (Lipinski definition) is 2. The fourth-order valence-electron chi connectivity index (χ4n) is 3.16. The number of carbonyl (C=O) groups is 3. The third-order valence-electron chi connectivity index (χ3n) is 4.34. The standard InChI is InChI=1S/C17H21N3O3/c21-15-10-14(12-6-3-4-7-13(12)18-15)19-16(22)11-20-9-5-1-2-8-17(20)23/h3-4,6-7,14H,1-2,5,8-11H2,(H,18,21)(H,19,22)/t14-/m0/s1. The third kappa shape index (κ3) is 3.70. The highest BCUT2D eigenvalue weighted by Crippen LogP contribution is 2.29. The number of amides is 3. The monoisotopic (exact) mass is 315 g/mol. The average Bonchev–Trinajstić information content (AvgIpc) is 2.72. The van der Waals surface area contributed by atoms with E-state index in [4.69, 9.17) is 0 Å². The summed E-state index contributed by atoms with van der Waals surface area (Å²) >= 11 is 0. The number of nitrogens with one attached hydrogen (secondary N) is 2. The minimum Gasteiger partial charge on any atom is -0.347 e. The maximum absolute atomic E-state index is 12.3. The smallest absolute Gasteiger partial charge is 0.240 e. The largest absolute Gasteiger partial charge is 0.347 e. The lowest BCUT2D eigenvalue weighted by molar-refractivity contribution is -0.136. The highest BCUT2D eigenvalue weighted by atomic mass is 16.2. The summed E-state index contributed by atoms with van der Waals surface area (Å²) in [5, 5.41) is 5.71. The molecule has 1 fully saturated rings. The van der Waals surface area contributed by atoms with Crippen LogP contribution in [-0.2, 0) is 14.4 Å². The molecule has 6 heteroatoms. The van der Waals surface area contributed by atoms with Crippen molar-refractivity contribution >= 4 is 23.4 Å². The van der Waals surface area contributed by atoms with Gasteiger partial charge in [-0.3, -0.25) is 14.4 Å². The van der Waals surface area contributed by atoms with Gasteiger partial charge in [-0.05, 0) is 24.5 Å². The molecule has 0 spiro atoms. The van der Waals surface area contributed by atoms with Crippen molar-refractivity contribution in [3.63, 3.8) is 0 Å². The maximum atomic E-state index is 12.3. The van der Waals surface area contributed by atoms with Crippen LogP contribution in [0.2, 0.25) is 0 Å². The number of para-hydroxylation sites is 1. The molecule has 2 N–H and O–H groups in total. The second-order valence-corrected chi connectivity index (χ2v) is 6.09. The Labute approximate surface area is 135 Å². The van der Waals surface area contributed by atoms with E-state index in [0.717, 1.165) is 30.5 Å². The van der Waals surface area contributed by atoms with Crippen molar-refractivity contribution in [1.29, 1.82) is 0 Å². The van der Waals surface area contributed by atoms with Crippen LogP contribution in [0.5, 0.6) is 0 Å². The summed E-state index contributed by atoms with van der Waals surface area (Å²) in [5.74, 6) is -0.283. The third-order valence-corrected chi connectivity index (χ3v) is 4.34. The van der Waals surface area contributed by atoms with Gasteiger partial charge in [0.05, 0.1) is 19.0 Å². The molecule has 2 aliphatic heterocycles. The minimum atomic E-state index is -0.338. The van der Waals surface area contributed by atoms with Crippen molar-refractivity contribution in [2.75, 3.05) is 18.4 Å². The van der Waals surface area contributed by atoms with Crippen molar-refractivity contribution in [2.45, 2.75) is 38.1 Å². The summed E-state index contributed by atoms with van der Waals surface area (Å²) in [6.45, 7) is 0.702. The van der Waals surface area contributed by atoms with E-state index in [2.05, 4.69) is 10.6 Å². The van der Waals surface area contributed by atoms with E-state index in [1.54, 1.807) is 4.90 Å². The fourth-order valence-corrected chi connectivity index (χ4v) is 3.16. The number of rotatable bonds is 3. The van der Waals surface area contributed by atoms with E-state index >= 15 is 0 Å². The van der Waals surface area contributed by atoms with Crippen LogP contribution >= 0.6 is 0 Å². The summed E-state index contributed by atoms with van der Waals surface area (Å²) in [6.07, 6.45) is 3.60. The van der Waals surface area contributed by atoms with E-state index in [1.807, 2.05) is 24.3 Å². The average molecular weight is 315 g/mol. The zero-order chi connectivity index (χ0) is 16.2. The Morgan fingerprint density at radius 3 is 2.91 bits per heavy atom. The molecule has 1 aromatic carbocycles.